The predicted molar refractivity (Wildman–Crippen MR) is 83.7 cm³/mol. The molecule has 2 aromatic rings. The highest BCUT2D eigenvalue weighted by atomic mass is 16.3. The zero-order valence-electron chi connectivity index (χ0n) is 12.4. The SMILES string of the molecule is N#C[C@@H](CN1CCc2ccccc2C1)[C@H](O)c1ccncc1. The fraction of sp³-hybridized carbons (Fsp3) is 0.333. The molecule has 4 nitrogen and oxygen atoms in total. The van der Waals surface area contributed by atoms with E-state index in [1.54, 1.807) is 24.5 Å². The summed E-state index contributed by atoms with van der Waals surface area (Å²) in [5.41, 5.74) is 3.46. The van der Waals surface area contributed by atoms with Crippen molar-refractivity contribution >= 4 is 0 Å². The molecule has 0 aliphatic carbocycles. The van der Waals surface area contributed by atoms with Gasteiger partial charge in [-0.05, 0) is 35.2 Å². The molecule has 0 radical (unpaired) electrons. The Hall–Kier alpha value is -2.22. The molecule has 0 bridgehead atoms. The lowest BCUT2D eigenvalue weighted by atomic mass is 9.94. The predicted octanol–water partition coefficient (Wildman–Crippen LogP) is 2.31. The van der Waals surface area contributed by atoms with Crippen molar-refractivity contribution in [1.29, 1.82) is 5.26 Å². The number of hydrogen-bond donors (Lipinski definition) is 1. The number of benzene rings is 1. The van der Waals surface area contributed by atoms with Crippen LogP contribution in [0.15, 0.2) is 48.8 Å². The van der Waals surface area contributed by atoms with E-state index >= 15 is 0 Å². The maximum atomic E-state index is 10.4. The van der Waals surface area contributed by atoms with Gasteiger partial charge < -0.3 is 5.11 Å². The Morgan fingerprint density at radius 2 is 1.91 bits per heavy atom. The van der Waals surface area contributed by atoms with E-state index in [9.17, 15) is 10.4 Å². The molecule has 2 heterocycles. The number of nitriles is 1. The summed E-state index contributed by atoms with van der Waals surface area (Å²) in [6, 6.07) is 14.2. The summed E-state index contributed by atoms with van der Waals surface area (Å²) in [4.78, 5) is 6.20. The van der Waals surface area contributed by atoms with Crippen LogP contribution < -0.4 is 0 Å². The summed E-state index contributed by atoms with van der Waals surface area (Å²) in [5.74, 6) is -0.437. The van der Waals surface area contributed by atoms with Crippen LogP contribution in [0.25, 0.3) is 0 Å². The van der Waals surface area contributed by atoms with Crippen LogP contribution in [0, 0.1) is 17.2 Å². The van der Waals surface area contributed by atoms with Gasteiger partial charge in [-0.1, -0.05) is 24.3 Å². The molecule has 2 atom stereocenters. The van der Waals surface area contributed by atoms with Crippen LogP contribution in [-0.2, 0) is 13.0 Å². The van der Waals surface area contributed by atoms with Crippen molar-refractivity contribution in [3.63, 3.8) is 0 Å². The molecule has 0 fully saturated rings. The summed E-state index contributed by atoms with van der Waals surface area (Å²) < 4.78 is 0. The number of aliphatic hydroxyl groups is 1. The largest absolute Gasteiger partial charge is 0.387 e. The number of rotatable bonds is 4. The molecule has 3 rings (SSSR count). The lowest BCUT2D eigenvalue weighted by molar-refractivity contribution is 0.101. The van der Waals surface area contributed by atoms with Gasteiger partial charge >= 0.3 is 0 Å². The van der Waals surface area contributed by atoms with Gasteiger partial charge in [-0.25, -0.2) is 0 Å². The Morgan fingerprint density at radius 3 is 2.64 bits per heavy atom. The van der Waals surface area contributed by atoms with E-state index in [4.69, 9.17) is 0 Å². The van der Waals surface area contributed by atoms with Crippen LogP contribution in [-0.4, -0.2) is 28.1 Å². The molecule has 0 saturated carbocycles. The molecule has 0 spiro atoms. The molecule has 0 saturated heterocycles. The topological polar surface area (TPSA) is 60.2 Å². The molecule has 4 heteroatoms. The van der Waals surface area contributed by atoms with E-state index < -0.39 is 12.0 Å². The summed E-state index contributed by atoms with van der Waals surface area (Å²) >= 11 is 0. The molecule has 1 aromatic heterocycles. The van der Waals surface area contributed by atoms with E-state index in [1.165, 1.54) is 11.1 Å². The van der Waals surface area contributed by atoms with E-state index in [0.29, 0.717) is 6.54 Å². The zero-order valence-corrected chi connectivity index (χ0v) is 12.4. The number of pyridine rings is 1. The molecule has 1 aliphatic rings. The average molecular weight is 293 g/mol. The van der Waals surface area contributed by atoms with Crippen molar-refractivity contribution in [3.05, 3.63) is 65.5 Å². The highest BCUT2D eigenvalue weighted by Crippen LogP contribution is 2.25. The molecule has 1 aliphatic heterocycles. The Kier molecular flexibility index (Phi) is 4.47. The van der Waals surface area contributed by atoms with Gasteiger partial charge in [0.15, 0.2) is 0 Å². The molecule has 0 amide bonds. The summed E-state index contributed by atoms with van der Waals surface area (Å²) in [5, 5.41) is 19.9. The summed E-state index contributed by atoms with van der Waals surface area (Å²) in [6.45, 7) is 2.35. The fourth-order valence-electron chi connectivity index (χ4n) is 2.99. The average Bonchev–Trinajstić information content (AvgIpc) is 2.59. The number of nitrogens with zero attached hydrogens (tertiary/aromatic N) is 3. The van der Waals surface area contributed by atoms with Crippen molar-refractivity contribution in [3.8, 4) is 6.07 Å². The molecular weight excluding hydrogens is 274 g/mol. The molecule has 22 heavy (non-hydrogen) atoms. The van der Waals surface area contributed by atoms with Crippen LogP contribution >= 0.6 is 0 Å². The second kappa shape index (κ2) is 6.69. The minimum Gasteiger partial charge on any atom is -0.387 e. The maximum Gasteiger partial charge on any atom is 0.0961 e. The first-order valence-corrected chi connectivity index (χ1v) is 7.54. The normalized spacial score (nSPS) is 17.3. The molecule has 1 aromatic carbocycles. The second-order valence-electron chi connectivity index (χ2n) is 5.71. The van der Waals surface area contributed by atoms with Gasteiger partial charge in [0.05, 0.1) is 18.1 Å². The summed E-state index contributed by atoms with van der Waals surface area (Å²) in [6.07, 6.45) is 3.51. The highest BCUT2D eigenvalue weighted by molar-refractivity contribution is 5.29. The number of fused-ring (bicyclic) bond motifs is 1. The third kappa shape index (κ3) is 3.16. The molecular formula is C18H19N3O. The van der Waals surface area contributed by atoms with Crippen LogP contribution in [0.2, 0.25) is 0 Å². The van der Waals surface area contributed by atoms with Gasteiger partial charge in [-0.2, -0.15) is 5.26 Å². The quantitative estimate of drug-likeness (QED) is 0.939. The summed E-state index contributed by atoms with van der Waals surface area (Å²) in [7, 11) is 0. The minimum atomic E-state index is -0.773. The number of hydrogen-bond acceptors (Lipinski definition) is 4. The van der Waals surface area contributed by atoms with Crippen LogP contribution in [0.3, 0.4) is 0 Å². The lowest BCUT2D eigenvalue weighted by Gasteiger charge is -2.31. The van der Waals surface area contributed by atoms with Crippen LogP contribution in [0.5, 0.6) is 0 Å². The van der Waals surface area contributed by atoms with Gasteiger partial charge in [0.1, 0.15) is 0 Å². The van der Waals surface area contributed by atoms with Gasteiger partial charge in [-0.3, -0.25) is 9.88 Å². The number of aromatic nitrogens is 1. The Balaban J connectivity index is 1.68. The van der Waals surface area contributed by atoms with Crippen molar-refractivity contribution in [2.45, 2.75) is 19.1 Å². The van der Waals surface area contributed by atoms with Crippen molar-refractivity contribution in [2.24, 2.45) is 5.92 Å². The Labute approximate surface area is 130 Å². The highest BCUT2D eigenvalue weighted by Gasteiger charge is 2.25. The molecule has 1 N–H and O–H groups in total. The smallest absolute Gasteiger partial charge is 0.0961 e. The van der Waals surface area contributed by atoms with Crippen LogP contribution in [0.4, 0.5) is 0 Å². The monoisotopic (exact) mass is 293 g/mol. The van der Waals surface area contributed by atoms with Gasteiger partial charge in [-0.15, -0.1) is 0 Å². The van der Waals surface area contributed by atoms with Gasteiger partial charge in [0.2, 0.25) is 0 Å². The van der Waals surface area contributed by atoms with E-state index in [2.05, 4.69) is 40.2 Å². The van der Waals surface area contributed by atoms with E-state index in [-0.39, 0.29) is 0 Å². The third-order valence-electron chi connectivity index (χ3n) is 4.26. The Bertz CT molecular complexity index is 666. The number of aliphatic hydroxyl groups excluding tert-OH is 1. The first kappa shape index (κ1) is 14.7. The van der Waals surface area contributed by atoms with E-state index in [1.807, 2.05) is 0 Å². The fourth-order valence-corrected chi connectivity index (χ4v) is 2.99. The maximum absolute atomic E-state index is 10.4. The lowest BCUT2D eigenvalue weighted by Crippen LogP contribution is -2.36. The standard InChI is InChI=1S/C18H19N3O/c19-11-17(18(22)15-5-8-20-9-6-15)13-21-10-7-14-3-1-2-4-16(14)12-21/h1-6,8-9,17-18,22H,7,10,12-13H2/t17-,18+/m0/s1. The Morgan fingerprint density at radius 1 is 1.18 bits per heavy atom. The van der Waals surface area contributed by atoms with Crippen molar-refractivity contribution in [2.75, 3.05) is 13.1 Å². The van der Waals surface area contributed by atoms with Gasteiger partial charge in [0, 0.05) is 32.0 Å². The van der Waals surface area contributed by atoms with Crippen molar-refractivity contribution < 1.29 is 5.11 Å². The molecule has 112 valence electrons. The first-order chi connectivity index (χ1) is 10.8. The van der Waals surface area contributed by atoms with Crippen molar-refractivity contribution in [1.82, 2.24) is 9.88 Å². The molecule has 0 unspecified atom stereocenters. The first-order valence-electron chi connectivity index (χ1n) is 7.54. The zero-order chi connectivity index (χ0) is 15.4. The third-order valence-corrected chi connectivity index (χ3v) is 4.26. The van der Waals surface area contributed by atoms with E-state index in [0.717, 1.165) is 25.1 Å². The second-order valence-corrected chi connectivity index (χ2v) is 5.71. The minimum absolute atomic E-state index is 0.437. The van der Waals surface area contributed by atoms with Gasteiger partial charge in [0.25, 0.3) is 0 Å². The van der Waals surface area contributed by atoms with Crippen LogP contribution in [0.1, 0.15) is 22.8 Å².